The second-order valence-electron chi connectivity index (χ2n) is 4.33. The quantitative estimate of drug-likeness (QED) is 0.654. The third kappa shape index (κ3) is 4.73. The van der Waals surface area contributed by atoms with Crippen molar-refractivity contribution in [3.05, 3.63) is 0 Å². The number of nitrogens with two attached hydrogens (primary N) is 1. The summed E-state index contributed by atoms with van der Waals surface area (Å²) in [6.07, 6.45) is 5.32. The van der Waals surface area contributed by atoms with Crippen molar-refractivity contribution in [2.24, 2.45) is 11.7 Å². The number of hydrogen-bond acceptors (Lipinski definition) is 2. The Labute approximate surface area is 76.1 Å². The maximum Gasteiger partial charge on any atom is 0.00109 e. The molecule has 0 radical (unpaired) electrons. The summed E-state index contributed by atoms with van der Waals surface area (Å²) < 4.78 is 0. The van der Waals surface area contributed by atoms with E-state index in [1.165, 1.54) is 32.4 Å². The second-order valence-corrected chi connectivity index (χ2v) is 4.33. The topological polar surface area (TPSA) is 29.3 Å². The molecule has 0 aromatic rings. The van der Waals surface area contributed by atoms with Crippen LogP contribution in [0.1, 0.15) is 32.6 Å². The van der Waals surface area contributed by atoms with E-state index in [-0.39, 0.29) is 0 Å². The fourth-order valence-corrected chi connectivity index (χ4v) is 1.52. The summed E-state index contributed by atoms with van der Waals surface area (Å²) in [5.41, 5.74) is 5.67. The van der Waals surface area contributed by atoms with E-state index in [2.05, 4.69) is 18.9 Å². The third-order valence-corrected chi connectivity index (χ3v) is 2.47. The van der Waals surface area contributed by atoms with Crippen LogP contribution in [-0.4, -0.2) is 31.1 Å². The van der Waals surface area contributed by atoms with Crippen LogP contribution >= 0.6 is 0 Å². The normalized spacial score (nSPS) is 20.0. The maximum absolute atomic E-state index is 5.67. The van der Waals surface area contributed by atoms with Crippen LogP contribution in [0.15, 0.2) is 0 Å². The van der Waals surface area contributed by atoms with Crippen molar-refractivity contribution in [1.29, 1.82) is 0 Å². The molecule has 1 saturated carbocycles. The second kappa shape index (κ2) is 4.83. The van der Waals surface area contributed by atoms with Crippen molar-refractivity contribution in [1.82, 2.24) is 4.90 Å². The van der Waals surface area contributed by atoms with Gasteiger partial charge in [-0.15, -0.1) is 0 Å². The molecule has 0 aliphatic heterocycles. The Bertz CT molecular complexity index is 119. The zero-order valence-electron chi connectivity index (χ0n) is 8.42. The fraction of sp³-hybridized carbons (Fsp3) is 1.00. The molecule has 0 bridgehead atoms. The smallest absolute Gasteiger partial charge is 0.00109 e. The number of rotatable bonds is 6. The highest BCUT2D eigenvalue weighted by molar-refractivity contribution is 4.76. The average molecular weight is 170 g/mol. The zero-order chi connectivity index (χ0) is 8.97. The van der Waals surface area contributed by atoms with Gasteiger partial charge in [-0.05, 0) is 52.1 Å². The van der Waals surface area contributed by atoms with Crippen LogP contribution in [-0.2, 0) is 0 Å². The Morgan fingerprint density at radius 1 is 1.50 bits per heavy atom. The Kier molecular flexibility index (Phi) is 4.02. The first-order valence-corrected chi connectivity index (χ1v) is 5.12. The van der Waals surface area contributed by atoms with E-state index in [9.17, 15) is 0 Å². The monoisotopic (exact) mass is 170 g/mol. The highest BCUT2D eigenvalue weighted by atomic mass is 15.1. The first-order valence-electron chi connectivity index (χ1n) is 5.12. The molecule has 72 valence electrons. The molecule has 2 N–H and O–H groups in total. The van der Waals surface area contributed by atoms with Gasteiger partial charge < -0.3 is 10.6 Å². The average Bonchev–Trinajstić information content (AvgIpc) is 2.70. The lowest BCUT2D eigenvalue weighted by Crippen LogP contribution is -2.24. The van der Waals surface area contributed by atoms with Gasteiger partial charge in [0.05, 0.1) is 0 Å². The molecule has 0 aromatic carbocycles. The van der Waals surface area contributed by atoms with E-state index in [0.717, 1.165) is 12.3 Å². The zero-order valence-corrected chi connectivity index (χ0v) is 8.42. The van der Waals surface area contributed by atoms with Crippen molar-refractivity contribution < 1.29 is 0 Å². The molecule has 0 aromatic heterocycles. The van der Waals surface area contributed by atoms with Gasteiger partial charge in [0, 0.05) is 12.6 Å². The van der Waals surface area contributed by atoms with Crippen LogP contribution < -0.4 is 5.73 Å². The van der Waals surface area contributed by atoms with E-state index in [1.807, 2.05) is 0 Å². The molecule has 1 fully saturated rings. The van der Waals surface area contributed by atoms with Gasteiger partial charge in [-0.1, -0.05) is 0 Å². The number of nitrogens with zero attached hydrogens (tertiary/aromatic N) is 1. The highest BCUT2D eigenvalue weighted by Gasteiger charge is 2.22. The van der Waals surface area contributed by atoms with Crippen LogP contribution in [0, 0.1) is 5.92 Å². The van der Waals surface area contributed by atoms with E-state index in [0.29, 0.717) is 6.04 Å². The van der Waals surface area contributed by atoms with Gasteiger partial charge in [-0.2, -0.15) is 0 Å². The molecule has 0 amide bonds. The summed E-state index contributed by atoms with van der Waals surface area (Å²) >= 11 is 0. The van der Waals surface area contributed by atoms with Crippen molar-refractivity contribution in [3.8, 4) is 0 Å². The highest BCUT2D eigenvalue weighted by Crippen LogP contribution is 2.29. The van der Waals surface area contributed by atoms with Crippen LogP contribution in [0.4, 0.5) is 0 Å². The van der Waals surface area contributed by atoms with Gasteiger partial charge in [0.25, 0.3) is 0 Å². The molecular weight excluding hydrogens is 148 g/mol. The molecule has 0 spiro atoms. The molecule has 1 aliphatic carbocycles. The van der Waals surface area contributed by atoms with Crippen molar-refractivity contribution in [3.63, 3.8) is 0 Å². The Balaban J connectivity index is 1.90. The molecular formula is C10H22N2. The van der Waals surface area contributed by atoms with Gasteiger partial charge in [0.15, 0.2) is 0 Å². The van der Waals surface area contributed by atoms with Crippen molar-refractivity contribution >= 4 is 0 Å². The Morgan fingerprint density at radius 3 is 2.67 bits per heavy atom. The van der Waals surface area contributed by atoms with Gasteiger partial charge >= 0.3 is 0 Å². The van der Waals surface area contributed by atoms with E-state index in [4.69, 9.17) is 5.73 Å². The van der Waals surface area contributed by atoms with Crippen LogP contribution in [0.2, 0.25) is 0 Å². The van der Waals surface area contributed by atoms with Gasteiger partial charge in [0.1, 0.15) is 0 Å². The van der Waals surface area contributed by atoms with E-state index in [1.54, 1.807) is 0 Å². The standard InChI is InChI=1S/C10H22N2/c1-9(11)4-3-7-12(2)8-10-5-6-10/h9-10H,3-8,11H2,1-2H3. The largest absolute Gasteiger partial charge is 0.328 e. The van der Waals surface area contributed by atoms with E-state index >= 15 is 0 Å². The third-order valence-electron chi connectivity index (χ3n) is 2.47. The molecule has 1 atom stereocenters. The lowest BCUT2D eigenvalue weighted by Gasteiger charge is -2.16. The van der Waals surface area contributed by atoms with Crippen LogP contribution in [0.5, 0.6) is 0 Å². The minimum absolute atomic E-state index is 0.374. The fourth-order valence-electron chi connectivity index (χ4n) is 1.52. The molecule has 12 heavy (non-hydrogen) atoms. The Morgan fingerprint density at radius 2 is 2.17 bits per heavy atom. The summed E-state index contributed by atoms with van der Waals surface area (Å²) in [5.74, 6) is 1.02. The van der Waals surface area contributed by atoms with E-state index < -0.39 is 0 Å². The predicted molar refractivity (Wildman–Crippen MR) is 53.1 cm³/mol. The lowest BCUT2D eigenvalue weighted by molar-refractivity contribution is 0.310. The molecule has 0 heterocycles. The first-order chi connectivity index (χ1) is 5.68. The van der Waals surface area contributed by atoms with Crippen LogP contribution in [0.3, 0.4) is 0 Å². The molecule has 2 nitrogen and oxygen atoms in total. The molecule has 1 unspecified atom stereocenters. The van der Waals surface area contributed by atoms with Crippen molar-refractivity contribution in [2.75, 3.05) is 20.1 Å². The summed E-state index contributed by atoms with van der Waals surface area (Å²) in [5, 5.41) is 0. The molecule has 2 heteroatoms. The van der Waals surface area contributed by atoms with Crippen molar-refractivity contribution in [2.45, 2.75) is 38.6 Å². The maximum atomic E-state index is 5.67. The minimum atomic E-state index is 0.374. The summed E-state index contributed by atoms with van der Waals surface area (Å²) in [6, 6.07) is 0.374. The SMILES string of the molecule is CC(N)CCCN(C)CC1CC1. The first kappa shape index (κ1) is 10.0. The Hall–Kier alpha value is -0.0800. The summed E-state index contributed by atoms with van der Waals surface area (Å²) in [4.78, 5) is 2.44. The van der Waals surface area contributed by atoms with Crippen LogP contribution in [0.25, 0.3) is 0 Å². The lowest BCUT2D eigenvalue weighted by atomic mass is 10.2. The van der Waals surface area contributed by atoms with Gasteiger partial charge in [-0.25, -0.2) is 0 Å². The summed E-state index contributed by atoms with van der Waals surface area (Å²) in [7, 11) is 2.22. The predicted octanol–water partition coefficient (Wildman–Crippen LogP) is 1.46. The molecule has 0 saturated heterocycles. The van der Waals surface area contributed by atoms with Gasteiger partial charge in [-0.3, -0.25) is 0 Å². The summed E-state index contributed by atoms with van der Waals surface area (Å²) in [6.45, 7) is 4.61. The van der Waals surface area contributed by atoms with Gasteiger partial charge in [0.2, 0.25) is 0 Å². The molecule has 1 rings (SSSR count). The number of hydrogen-bond donors (Lipinski definition) is 1. The minimum Gasteiger partial charge on any atom is -0.328 e. The molecule has 1 aliphatic rings.